The van der Waals surface area contributed by atoms with Crippen molar-refractivity contribution < 1.29 is 23.2 Å². The van der Waals surface area contributed by atoms with Gasteiger partial charge < -0.3 is 5.11 Å². The standard InChI is InChI=1S/C7H5F3N2O3/c8-6(9)4-1-3(2-13)5(12(14)15)7(10)11-4/h1,6,13H,2H2. The fourth-order valence-corrected chi connectivity index (χ4v) is 1.00. The minimum Gasteiger partial charge on any atom is -0.391 e. The molecule has 1 aromatic heterocycles. The van der Waals surface area contributed by atoms with Crippen molar-refractivity contribution in [3.8, 4) is 0 Å². The van der Waals surface area contributed by atoms with Crippen LogP contribution in [-0.2, 0) is 6.61 Å². The van der Waals surface area contributed by atoms with Gasteiger partial charge in [-0.3, -0.25) is 10.1 Å². The summed E-state index contributed by atoms with van der Waals surface area (Å²) < 4.78 is 37.1. The number of nitro groups is 1. The lowest BCUT2D eigenvalue weighted by molar-refractivity contribution is -0.389. The second-order valence-electron chi connectivity index (χ2n) is 2.56. The topological polar surface area (TPSA) is 76.3 Å². The fourth-order valence-electron chi connectivity index (χ4n) is 1.00. The van der Waals surface area contributed by atoms with Crippen LogP contribution in [0.4, 0.5) is 18.9 Å². The van der Waals surface area contributed by atoms with Crippen molar-refractivity contribution in [2.45, 2.75) is 13.0 Å². The molecule has 0 aliphatic carbocycles. The number of nitrogens with zero attached hydrogens (tertiary/aromatic N) is 2. The Labute approximate surface area is 81.3 Å². The van der Waals surface area contributed by atoms with Crippen molar-refractivity contribution in [3.05, 3.63) is 33.4 Å². The van der Waals surface area contributed by atoms with Gasteiger partial charge in [0.05, 0.1) is 17.1 Å². The van der Waals surface area contributed by atoms with E-state index in [-0.39, 0.29) is 0 Å². The van der Waals surface area contributed by atoms with Crippen LogP contribution in [0.1, 0.15) is 17.7 Å². The molecule has 0 fully saturated rings. The Morgan fingerprint density at radius 1 is 1.60 bits per heavy atom. The molecule has 15 heavy (non-hydrogen) atoms. The average molecular weight is 222 g/mol. The predicted molar refractivity (Wildman–Crippen MR) is 41.7 cm³/mol. The largest absolute Gasteiger partial charge is 0.391 e. The molecule has 1 aromatic rings. The molecular formula is C7H5F3N2O3. The molecule has 0 spiro atoms. The van der Waals surface area contributed by atoms with Crippen LogP contribution < -0.4 is 0 Å². The van der Waals surface area contributed by atoms with E-state index in [1.807, 2.05) is 0 Å². The molecule has 0 bridgehead atoms. The molecule has 0 radical (unpaired) electrons. The lowest BCUT2D eigenvalue weighted by Crippen LogP contribution is -2.04. The van der Waals surface area contributed by atoms with Crippen molar-refractivity contribution in [1.29, 1.82) is 0 Å². The van der Waals surface area contributed by atoms with E-state index in [0.717, 1.165) is 0 Å². The number of alkyl halides is 2. The lowest BCUT2D eigenvalue weighted by Gasteiger charge is -2.03. The molecule has 0 amide bonds. The lowest BCUT2D eigenvalue weighted by atomic mass is 10.2. The number of pyridine rings is 1. The average Bonchev–Trinajstić information content (AvgIpc) is 2.15. The maximum absolute atomic E-state index is 12.9. The van der Waals surface area contributed by atoms with Gasteiger partial charge in [0.25, 0.3) is 12.4 Å². The van der Waals surface area contributed by atoms with Crippen molar-refractivity contribution in [2.24, 2.45) is 0 Å². The molecule has 8 heteroatoms. The van der Waals surface area contributed by atoms with E-state index in [1.165, 1.54) is 0 Å². The van der Waals surface area contributed by atoms with Gasteiger partial charge in [0.15, 0.2) is 0 Å². The van der Waals surface area contributed by atoms with Gasteiger partial charge >= 0.3 is 5.69 Å². The molecule has 1 N–H and O–H groups in total. The first-order chi connectivity index (χ1) is 6.97. The maximum atomic E-state index is 12.9. The van der Waals surface area contributed by atoms with Crippen LogP contribution in [0.25, 0.3) is 0 Å². The summed E-state index contributed by atoms with van der Waals surface area (Å²) in [6.07, 6.45) is -3.05. The van der Waals surface area contributed by atoms with Gasteiger partial charge in [-0.05, 0) is 6.07 Å². The summed E-state index contributed by atoms with van der Waals surface area (Å²) in [5.74, 6) is -1.62. The molecule has 5 nitrogen and oxygen atoms in total. The highest BCUT2D eigenvalue weighted by molar-refractivity contribution is 5.39. The van der Waals surface area contributed by atoms with E-state index in [4.69, 9.17) is 5.11 Å². The zero-order valence-electron chi connectivity index (χ0n) is 7.15. The third kappa shape index (κ3) is 2.21. The zero-order chi connectivity index (χ0) is 11.6. The number of aliphatic hydroxyl groups is 1. The minimum atomic E-state index is -3.05. The second kappa shape index (κ2) is 4.22. The highest BCUT2D eigenvalue weighted by atomic mass is 19.3. The van der Waals surface area contributed by atoms with Crippen molar-refractivity contribution >= 4 is 5.69 Å². The van der Waals surface area contributed by atoms with Gasteiger partial charge in [0, 0.05) is 0 Å². The summed E-state index contributed by atoms with van der Waals surface area (Å²) in [6, 6.07) is 0.603. The number of halogens is 3. The molecule has 0 saturated heterocycles. The van der Waals surface area contributed by atoms with Crippen molar-refractivity contribution in [3.63, 3.8) is 0 Å². The molecule has 0 aromatic carbocycles. The third-order valence-electron chi connectivity index (χ3n) is 1.63. The Morgan fingerprint density at radius 2 is 2.20 bits per heavy atom. The van der Waals surface area contributed by atoms with Crippen LogP contribution in [0, 0.1) is 16.1 Å². The number of hydrogen-bond acceptors (Lipinski definition) is 4. The second-order valence-corrected chi connectivity index (χ2v) is 2.56. The third-order valence-corrected chi connectivity index (χ3v) is 1.63. The highest BCUT2D eigenvalue weighted by Crippen LogP contribution is 2.26. The van der Waals surface area contributed by atoms with Gasteiger partial charge in [-0.1, -0.05) is 0 Å². The number of aliphatic hydroxyl groups excluding tert-OH is 1. The van der Waals surface area contributed by atoms with Crippen LogP contribution in [0.5, 0.6) is 0 Å². The Balaban J connectivity index is 3.37. The first kappa shape index (κ1) is 11.4. The molecule has 1 rings (SSSR count). The molecule has 0 aliphatic rings. The van der Waals surface area contributed by atoms with Gasteiger partial charge in [-0.15, -0.1) is 0 Å². The van der Waals surface area contributed by atoms with E-state index in [9.17, 15) is 23.3 Å². The van der Waals surface area contributed by atoms with Crippen molar-refractivity contribution in [1.82, 2.24) is 4.98 Å². The highest BCUT2D eigenvalue weighted by Gasteiger charge is 2.24. The smallest absolute Gasteiger partial charge is 0.329 e. The summed E-state index contributed by atoms with van der Waals surface area (Å²) in [7, 11) is 0. The van der Waals surface area contributed by atoms with Crippen LogP contribution in [0.15, 0.2) is 6.07 Å². The van der Waals surface area contributed by atoms with Crippen LogP contribution in [0.2, 0.25) is 0 Å². The first-order valence-corrected chi connectivity index (χ1v) is 3.70. The van der Waals surface area contributed by atoms with Gasteiger partial charge in [-0.2, -0.15) is 4.39 Å². The minimum absolute atomic E-state index is 0.525. The molecule has 0 unspecified atom stereocenters. The summed E-state index contributed by atoms with van der Waals surface area (Å²) >= 11 is 0. The summed E-state index contributed by atoms with van der Waals surface area (Å²) in [4.78, 5) is 11.9. The zero-order valence-corrected chi connectivity index (χ0v) is 7.15. The predicted octanol–water partition coefficient (Wildman–Crippen LogP) is 1.56. The van der Waals surface area contributed by atoms with Gasteiger partial charge in [0.1, 0.15) is 5.69 Å². The van der Waals surface area contributed by atoms with E-state index < -0.39 is 40.8 Å². The van der Waals surface area contributed by atoms with Crippen molar-refractivity contribution in [2.75, 3.05) is 0 Å². The van der Waals surface area contributed by atoms with E-state index in [0.29, 0.717) is 6.07 Å². The molecular weight excluding hydrogens is 217 g/mol. The van der Waals surface area contributed by atoms with Gasteiger partial charge in [0.2, 0.25) is 0 Å². The molecule has 0 aliphatic heterocycles. The van der Waals surface area contributed by atoms with Crippen LogP contribution in [0.3, 0.4) is 0 Å². The molecule has 1 heterocycles. The quantitative estimate of drug-likeness (QED) is 0.478. The Hall–Kier alpha value is -1.70. The normalized spacial score (nSPS) is 10.7. The number of hydrogen-bond donors (Lipinski definition) is 1. The van der Waals surface area contributed by atoms with E-state index in [2.05, 4.69) is 4.98 Å². The van der Waals surface area contributed by atoms with Crippen LogP contribution >= 0.6 is 0 Å². The first-order valence-electron chi connectivity index (χ1n) is 3.70. The molecule has 0 atom stereocenters. The SMILES string of the molecule is O=[N+]([O-])c1c(CO)cc(C(F)F)nc1F. The summed E-state index contributed by atoms with van der Waals surface area (Å²) in [6.45, 7) is -0.907. The molecule has 82 valence electrons. The summed E-state index contributed by atoms with van der Waals surface area (Å²) in [5.41, 5.74) is -2.55. The number of aromatic nitrogens is 1. The maximum Gasteiger partial charge on any atom is 0.329 e. The Bertz CT molecular complexity index is 397. The number of rotatable bonds is 3. The Kier molecular flexibility index (Phi) is 3.20. The molecule has 0 saturated carbocycles. The van der Waals surface area contributed by atoms with Crippen LogP contribution in [-0.4, -0.2) is 15.0 Å². The Morgan fingerprint density at radius 3 is 2.60 bits per heavy atom. The van der Waals surface area contributed by atoms with Gasteiger partial charge in [-0.25, -0.2) is 13.8 Å². The summed E-state index contributed by atoms with van der Waals surface area (Å²) in [5, 5.41) is 19.0. The van der Waals surface area contributed by atoms with E-state index in [1.54, 1.807) is 0 Å². The fraction of sp³-hybridized carbons (Fsp3) is 0.286. The van der Waals surface area contributed by atoms with E-state index >= 15 is 0 Å². The monoisotopic (exact) mass is 222 g/mol.